The van der Waals surface area contributed by atoms with Crippen LogP contribution >= 0.6 is 0 Å². The summed E-state index contributed by atoms with van der Waals surface area (Å²) in [5.41, 5.74) is -0.186. The minimum atomic E-state index is -4.08. The highest BCUT2D eigenvalue weighted by molar-refractivity contribution is 7.86. The molecule has 0 radical (unpaired) electrons. The quantitative estimate of drug-likeness (QED) is 0.326. The maximum absolute atomic E-state index is 12.7. The van der Waals surface area contributed by atoms with Crippen molar-refractivity contribution in [3.63, 3.8) is 0 Å². The molecule has 0 N–H and O–H groups in total. The summed E-state index contributed by atoms with van der Waals surface area (Å²) in [5, 5.41) is 10.8. The molecule has 4 aliphatic rings. The van der Waals surface area contributed by atoms with E-state index in [1.165, 1.54) is 19.2 Å². The highest BCUT2D eigenvalue weighted by Gasteiger charge is 2.57. The van der Waals surface area contributed by atoms with E-state index in [9.17, 15) is 23.3 Å². The second kappa shape index (κ2) is 6.56. The summed E-state index contributed by atoms with van der Waals surface area (Å²) < 4.78 is 36.1. The molecule has 9 heteroatoms. The molecule has 0 heterocycles. The Kier molecular flexibility index (Phi) is 4.46. The van der Waals surface area contributed by atoms with Crippen LogP contribution in [0.1, 0.15) is 25.7 Å². The Morgan fingerprint density at radius 1 is 1.11 bits per heavy atom. The third-order valence-electron chi connectivity index (χ3n) is 6.39. The lowest BCUT2D eigenvalue weighted by molar-refractivity contribution is -0.384. The van der Waals surface area contributed by atoms with Gasteiger partial charge in [-0.05, 0) is 55.6 Å². The fraction of sp³-hybridized carbons (Fsp3) is 0.611. The first kappa shape index (κ1) is 18.4. The zero-order valence-corrected chi connectivity index (χ0v) is 15.6. The molecular formula is C18H21NO7S. The van der Waals surface area contributed by atoms with Crippen LogP contribution in [0.15, 0.2) is 29.2 Å². The molecular weight excluding hydrogens is 374 g/mol. The maximum Gasteiger partial charge on any atom is 0.309 e. The smallest absolute Gasteiger partial charge is 0.309 e. The Labute approximate surface area is 157 Å². The SMILES string of the molecule is COC(=O)C1C2CC3CC(C2)C(OS(=O)(=O)c2ccc([N+](=O)[O-])cc2)C1C3. The van der Waals surface area contributed by atoms with Crippen LogP contribution in [0.5, 0.6) is 0 Å². The molecule has 6 atom stereocenters. The Hall–Kier alpha value is -2.00. The predicted octanol–water partition coefficient (Wildman–Crippen LogP) is 2.52. The number of hydrogen-bond donors (Lipinski definition) is 0. The summed E-state index contributed by atoms with van der Waals surface area (Å²) in [6, 6.07) is 4.65. The van der Waals surface area contributed by atoms with Gasteiger partial charge in [-0.25, -0.2) is 0 Å². The molecule has 1 aromatic rings. The highest BCUT2D eigenvalue weighted by Crippen LogP contribution is 2.58. The maximum atomic E-state index is 12.7. The molecule has 146 valence electrons. The van der Waals surface area contributed by atoms with Crippen LogP contribution in [0.2, 0.25) is 0 Å². The number of nitro groups is 1. The minimum absolute atomic E-state index is 0.112. The van der Waals surface area contributed by atoms with Crippen molar-refractivity contribution in [2.24, 2.45) is 29.6 Å². The Morgan fingerprint density at radius 3 is 2.41 bits per heavy atom. The van der Waals surface area contributed by atoms with E-state index in [0.717, 1.165) is 37.8 Å². The lowest BCUT2D eigenvalue weighted by atomic mass is 9.50. The van der Waals surface area contributed by atoms with Gasteiger partial charge >= 0.3 is 5.97 Å². The van der Waals surface area contributed by atoms with Crippen molar-refractivity contribution in [1.82, 2.24) is 0 Å². The molecule has 4 fully saturated rings. The third-order valence-corrected chi connectivity index (χ3v) is 7.71. The average Bonchev–Trinajstić information content (AvgIpc) is 2.64. The second-order valence-corrected chi connectivity index (χ2v) is 9.38. The van der Waals surface area contributed by atoms with Crippen LogP contribution < -0.4 is 0 Å². The fourth-order valence-corrected chi connectivity index (χ4v) is 6.62. The largest absolute Gasteiger partial charge is 0.469 e. The van der Waals surface area contributed by atoms with Gasteiger partial charge in [0.15, 0.2) is 0 Å². The van der Waals surface area contributed by atoms with Gasteiger partial charge in [-0.3, -0.25) is 19.1 Å². The number of rotatable bonds is 5. The third kappa shape index (κ3) is 3.12. The molecule has 4 saturated carbocycles. The average molecular weight is 395 g/mol. The molecule has 4 aliphatic carbocycles. The van der Waals surface area contributed by atoms with E-state index < -0.39 is 21.1 Å². The van der Waals surface area contributed by atoms with Crippen molar-refractivity contribution in [2.45, 2.75) is 36.7 Å². The topological polar surface area (TPSA) is 113 Å². The number of nitrogens with zero attached hydrogens (tertiary/aromatic N) is 1. The highest BCUT2D eigenvalue weighted by atomic mass is 32.2. The lowest BCUT2D eigenvalue weighted by Gasteiger charge is -2.56. The molecule has 8 nitrogen and oxygen atoms in total. The molecule has 0 spiro atoms. The molecule has 6 unspecified atom stereocenters. The van der Waals surface area contributed by atoms with Crippen LogP contribution in [-0.2, 0) is 23.8 Å². The van der Waals surface area contributed by atoms with Gasteiger partial charge < -0.3 is 4.74 Å². The van der Waals surface area contributed by atoms with Crippen LogP contribution in [-0.4, -0.2) is 32.5 Å². The van der Waals surface area contributed by atoms with Crippen LogP contribution in [0.3, 0.4) is 0 Å². The monoisotopic (exact) mass is 395 g/mol. The first-order chi connectivity index (χ1) is 12.8. The molecule has 5 rings (SSSR count). The number of non-ortho nitro benzene ring substituents is 1. The van der Waals surface area contributed by atoms with E-state index in [1.54, 1.807) is 0 Å². The predicted molar refractivity (Wildman–Crippen MR) is 93.1 cm³/mol. The summed E-state index contributed by atoms with van der Waals surface area (Å²) in [7, 11) is -2.72. The van der Waals surface area contributed by atoms with Crippen LogP contribution in [0.4, 0.5) is 5.69 Å². The minimum Gasteiger partial charge on any atom is -0.469 e. The summed E-state index contributed by atoms with van der Waals surface area (Å²) >= 11 is 0. The number of ether oxygens (including phenoxy) is 1. The second-order valence-electron chi connectivity index (χ2n) is 7.81. The Morgan fingerprint density at radius 2 is 1.78 bits per heavy atom. The van der Waals surface area contributed by atoms with Gasteiger partial charge in [-0.1, -0.05) is 0 Å². The van der Waals surface area contributed by atoms with Crippen molar-refractivity contribution in [3.8, 4) is 0 Å². The molecule has 27 heavy (non-hydrogen) atoms. The zero-order valence-electron chi connectivity index (χ0n) is 14.8. The van der Waals surface area contributed by atoms with E-state index >= 15 is 0 Å². The van der Waals surface area contributed by atoms with Crippen LogP contribution in [0.25, 0.3) is 0 Å². The standard InChI is InChI=1S/C18H21NO7S/c1-25-18(20)16-11-6-10-7-12(9-11)17(15(16)8-10)26-27(23,24)14-4-2-13(3-5-14)19(21)22/h2-5,10-12,15-17H,6-9H2,1H3. The van der Waals surface area contributed by atoms with E-state index in [1.807, 2.05) is 0 Å². The van der Waals surface area contributed by atoms with E-state index in [-0.39, 0.29) is 40.2 Å². The van der Waals surface area contributed by atoms with Gasteiger partial charge in [0.2, 0.25) is 0 Å². The first-order valence-electron chi connectivity index (χ1n) is 9.05. The summed E-state index contributed by atoms with van der Waals surface area (Å²) in [5.74, 6) is 0.0937. The first-order valence-corrected chi connectivity index (χ1v) is 10.5. The van der Waals surface area contributed by atoms with Gasteiger partial charge in [0.25, 0.3) is 15.8 Å². The number of benzene rings is 1. The summed E-state index contributed by atoms with van der Waals surface area (Å²) in [4.78, 5) is 22.3. The normalized spacial score (nSPS) is 34.4. The van der Waals surface area contributed by atoms with Crippen LogP contribution in [0, 0.1) is 39.7 Å². The summed E-state index contributed by atoms with van der Waals surface area (Å²) in [6.45, 7) is 0. The number of carbonyl (C=O) groups is 1. The van der Waals surface area contributed by atoms with Crippen molar-refractivity contribution in [1.29, 1.82) is 0 Å². The van der Waals surface area contributed by atoms with E-state index in [4.69, 9.17) is 8.92 Å². The van der Waals surface area contributed by atoms with Gasteiger partial charge in [-0.2, -0.15) is 8.42 Å². The van der Waals surface area contributed by atoms with Crippen molar-refractivity contribution in [3.05, 3.63) is 34.4 Å². The molecule has 0 saturated heterocycles. The van der Waals surface area contributed by atoms with Crippen molar-refractivity contribution in [2.75, 3.05) is 7.11 Å². The molecule has 4 bridgehead atoms. The van der Waals surface area contributed by atoms with Gasteiger partial charge in [0.05, 0.1) is 29.0 Å². The van der Waals surface area contributed by atoms with Gasteiger partial charge in [0.1, 0.15) is 0 Å². The molecule has 0 amide bonds. The van der Waals surface area contributed by atoms with E-state index in [2.05, 4.69) is 0 Å². The van der Waals surface area contributed by atoms with E-state index in [0.29, 0.717) is 5.92 Å². The number of methoxy groups -OCH3 is 1. The molecule has 1 aromatic carbocycles. The van der Waals surface area contributed by atoms with Gasteiger partial charge in [0, 0.05) is 18.1 Å². The Bertz CT molecular complexity index is 866. The van der Waals surface area contributed by atoms with Crippen molar-refractivity contribution >= 4 is 21.8 Å². The molecule has 0 aromatic heterocycles. The number of nitro benzene ring substituents is 1. The number of carbonyl (C=O) groups excluding carboxylic acids is 1. The molecule has 0 aliphatic heterocycles. The van der Waals surface area contributed by atoms with Crippen molar-refractivity contribution < 1.29 is 27.1 Å². The number of hydrogen-bond acceptors (Lipinski definition) is 7. The lowest BCUT2D eigenvalue weighted by Crippen LogP contribution is -2.57. The fourth-order valence-electron chi connectivity index (χ4n) is 5.45. The Balaban J connectivity index is 1.59. The number of esters is 1. The zero-order chi connectivity index (χ0) is 19.3. The van der Waals surface area contributed by atoms with Gasteiger partial charge in [-0.15, -0.1) is 0 Å². The summed E-state index contributed by atoms with van der Waals surface area (Å²) in [6.07, 6.45) is 2.90.